The van der Waals surface area contributed by atoms with Crippen molar-refractivity contribution in [2.75, 3.05) is 5.32 Å². The summed E-state index contributed by atoms with van der Waals surface area (Å²) < 4.78 is 21.4. The van der Waals surface area contributed by atoms with Gasteiger partial charge >= 0.3 is 0 Å². The van der Waals surface area contributed by atoms with Crippen LogP contribution in [-0.4, -0.2) is 24.8 Å². The number of phenolic OH excluding ortho intramolecular Hbond substituents is 1. The Kier molecular flexibility index (Phi) is 3.93. The number of amides is 1. The second kappa shape index (κ2) is 5.47. The topological polar surface area (TPSA) is 102 Å². The highest BCUT2D eigenvalue weighted by molar-refractivity contribution is 7.81. The lowest BCUT2D eigenvalue weighted by Crippen LogP contribution is -2.12. The molecule has 0 spiro atoms. The highest BCUT2D eigenvalue weighted by Gasteiger charge is 2.13. The number of rotatable bonds is 3. The first kappa shape index (κ1) is 13.7. The number of aryl methyl sites for hydroxylation is 1. The Balaban J connectivity index is 2.20. The Bertz CT molecular complexity index is 654. The van der Waals surface area contributed by atoms with Crippen LogP contribution in [0.15, 0.2) is 28.6 Å². The van der Waals surface area contributed by atoms with Crippen molar-refractivity contribution < 1.29 is 18.7 Å². The summed E-state index contributed by atoms with van der Waals surface area (Å²) in [5, 5.41) is 12.2. The van der Waals surface area contributed by atoms with Gasteiger partial charge in [0.05, 0.1) is 16.0 Å². The number of aromatic hydroxyl groups is 1. The average Bonchev–Trinajstić information content (AvgIpc) is 2.80. The van der Waals surface area contributed by atoms with Crippen LogP contribution in [0.25, 0.3) is 0 Å². The highest BCUT2D eigenvalue weighted by atomic mass is 32.2. The molecule has 19 heavy (non-hydrogen) atoms. The molecular weight excluding hydrogens is 288 g/mol. The number of benzene rings is 1. The van der Waals surface area contributed by atoms with E-state index in [1.165, 1.54) is 12.1 Å². The van der Waals surface area contributed by atoms with Gasteiger partial charge in [-0.2, -0.15) is 0 Å². The number of anilines is 1. The fourth-order valence-electron chi connectivity index (χ4n) is 1.39. The van der Waals surface area contributed by atoms with Crippen molar-refractivity contribution in [3.8, 4) is 5.75 Å². The lowest BCUT2D eigenvalue weighted by Gasteiger charge is -2.05. The summed E-state index contributed by atoms with van der Waals surface area (Å²) in [5.74, 6) is -0.689. The summed E-state index contributed by atoms with van der Waals surface area (Å²) in [6.07, 6.45) is 1.15. The molecule has 1 unspecified atom stereocenters. The first-order valence-electron chi connectivity index (χ1n) is 5.13. The molecule has 1 heterocycles. The highest BCUT2D eigenvalue weighted by Crippen LogP contribution is 2.23. The van der Waals surface area contributed by atoms with E-state index in [2.05, 4.69) is 10.3 Å². The van der Waals surface area contributed by atoms with Crippen molar-refractivity contribution in [1.29, 1.82) is 0 Å². The maximum Gasteiger partial charge on any atom is 0.261 e. The third-order valence-electron chi connectivity index (χ3n) is 2.27. The van der Waals surface area contributed by atoms with Crippen molar-refractivity contribution >= 4 is 33.5 Å². The molecule has 0 saturated heterocycles. The zero-order valence-corrected chi connectivity index (χ0v) is 11.4. The molecule has 0 aliphatic carbocycles. The number of carbonyl (C=O) groups is 1. The van der Waals surface area contributed by atoms with Crippen molar-refractivity contribution in [1.82, 2.24) is 4.98 Å². The Morgan fingerprint density at radius 2 is 2.26 bits per heavy atom. The zero-order chi connectivity index (χ0) is 14.0. The third-order valence-corrected chi connectivity index (χ3v) is 4.07. The molecule has 0 fully saturated rings. The van der Waals surface area contributed by atoms with E-state index in [1.807, 2.05) is 0 Å². The Morgan fingerprint density at radius 3 is 2.89 bits per heavy atom. The van der Waals surface area contributed by atoms with Crippen LogP contribution in [0.3, 0.4) is 0 Å². The van der Waals surface area contributed by atoms with Crippen LogP contribution < -0.4 is 5.32 Å². The second-order valence-corrected chi connectivity index (χ2v) is 5.89. The molecule has 1 aromatic heterocycles. The van der Waals surface area contributed by atoms with Gasteiger partial charge in [0.25, 0.3) is 5.91 Å². The minimum atomic E-state index is -2.37. The largest absolute Gasteiger partial charge is 0.768 e. The van der Waals surface area contributed by atoms with Crippen LogP contribution in [-0.2, 0) is 11.1 Å². The van der Waals surface area contributed by atoms with E-state index in [-0.39, 0.29) is 20.7 Å². The van der Waals surface area contributed by atoms with E-state index in [1.54, 1.807) is 13.0 Å². The molecule has 2 aromatic rings. The summed E-state index contributed by atoms with van der Waals surface area (Å²) in [4.78, 5) is 15.7. The van der Waals surface area contributed by atoms with Gasteiger partial charge in [0.2, 0.25) is 0 Å². The minimum Gasteiger partial charge on any atom is -0.768 e. The lowest BCUT2D eigenvalue weighted by molar-refractivity contribution is 0.102. The summed E-state index contributed by atoms with van der Waals surface area (Å²) in [6.45, 7) is 1.79. The van der Waals surface area contributed by atoms with Gasteiger partial charge in [-0.3, -0.25) is 14.3 Å². The van der Waals surface area contributed by atoms with Crippen LogP contribution in [0, 0.1) is 6.92 Å². The summed E-state index contributed by atoms with van der Waals surface area (Å²) >= 11 is -1.53. The second-order valence-electron chi connectivity index (χ2n) is 3.69. The molecule has 0 bridgehead atoms. The monoisotopic (exact) mass is 297 g/mol. The lowest BCUT2D eigenvalue weighted by atomic mass is 10.1. The number of hydrogen-bond donors (Lipinski definition) is 2. The van der Waals surface area contributed by atoms with E-state index >= 15 is 0 Å². The molecule has 8 heteroatoms. The van der Waals surface area contributed by atoms with E-state index in [9.17, 15) is 18.7 Å². The molecule has 1 atom stereocenters. The van der Waals surface area contributed by atoms with Gasteiger partial charge in [-0.25, -0.2) is 4.98 Å². The first-order chi connectivity index (χ1) is 8.97. The molecule has 1 aromatic carbocycles. The predicted molar refractivity (Wildman–Crippen MR) is 70.1 cm³/mol. The molecule has 2 N–H and O–H groups in total. The van der Waals surface area contributed by atoms with Crippen molar-refractivity contribution in [3.63, 3.8) is 0 Å². The molecule has 6 nitrogen and oxygen atoms in total. The minimum absolute atomic E-state index is 0.0313. The number of thiazole rings is 1. The number of nitrogens with zero attached hydrogens (tertiary/aromatic N) is 1. The van der Waals surface area contributed by atoms with Crippen LogP contribution in [0.4, 0.5) is 5.13 Å². The fraction of sp³-hybridized carbons (Fsp3) is 0.0909. The van der Waals surface area contributed by atoms with E-state index < -0.39 is 17.0 Å². The zero-order valence-electron chi connectivity index (χ0n) is 9.75. The predicted octanol–water partition coefficient (Wildman–Crippen LogP) is 1.65. The number of nitrogens with one attached hydrogen (secondary N) is 1. The van der Waals surface area contributed by atoms with Crippen molar-refractivity contribution in [2.45, 2.75) is 11.1 Å². The summed E-state index contributed by atoms with van der Waals surface area (Å²) in [5.41, 5.74) is 0.934. The van der Waals surface area contributed by atoms with Crippen molar-refractivity contribution in [3.05, 3.63) is 35.5 Å². The fourth-order valence-corrected chi connectivity index (χ4v) is 2.58. The number of hydrogen-bond acceptors (Lipinski definition) is 6. The van der Waals surface area contributed by atoms with Crippen LogP contribution in [0.2, 0.25) is 0 Å². The maximum absolute atomic E-state index is 11.9. The van der Waals surface area contributed by atoms with E-state index in [0.717, 1.165) is 23.1 Å². The van der Waals surface area contributed by atoms with Gasteiger partial charge < -0.3 is 9.66 Å². The molecule has 0 aliphatic heterocycles. The van der Waals surface area contributed by atoms with Crippen LogP contribution >= 0.6 is 11.3 Å². The average molecular weight is 297 g/mol. The first-order valence-corrected chi connectivity index (χ1v) is 7.02. The Hall–Kier alpha value is -1.77. The van der Waals surface area contributed by atoms with Gasteiger partial charge in [-0.05, 0) is 30.1 Å². The quantitative estimate of drug-likeness (QED) is 0.838. The molecular formula is C11H9N2O4S2-. The van der Waals surface area contributed by atoms with Gasteiger partial charge in [-0.15, -0.1) is 0 Å². The molecule has 1 amide bonds. The molecule has 0 aliphatic rings. The van der Waals surface area contributed by atoms with Gasteiger partial charge in [-0.1, -0.05) is 23.0 Å². The standard InChI is InChI=1S/C11H10N2O4S2/c1-6-2-3-8(14)7(4-6)10(15)13-11-12-5-9(18-11)19(16)17/h2-5,14H,1H3,(H,16,17)(H,12,13,15)/p-1. The van der Waals surface area contributed by atoms with E-state index in [0.29, 0.717) is 0 Å². The third kappa shape index (κ3) is 3.16. The summed E-state index contributed by atoms with van der Waals surface area (Å²) in [6, 6.07) is 4.63. The van der Waals surface area contributed by atoms with Gasteiger partial charge in [0.15, 0.2) is 5.13 Å². The van der Waals surface area contributed by atoms with Crippen molar-refractivity contribution in [2.24, 2.45) is 0 Å². The molecule has 100 valence electrons. The van der Waals surface area contributed by atoms with E-state index in [4.69, 9.17) is 0 Å². The molecule has 0 radical (unpaired) electrons. The SMILES string of the molecule is Cc1ccc(O)c(C(=O)Nc2ncc(S(=O)[O-])s2)c1. The molecule has 2 rings (SSSR count). The number of aromatic nitrogens is 1. The van der Waals surface area contributed by atoms with Crippen LogP contribution in [0.1, 0.15) is 15.9 Å². The molecule has 0 saturated carbocycles. The number of phenols is 1. The van der Waals surface area contributed by atoms with Crippen LogP contribution in [0.5, 0.6) is 5.75 Å². The normalized spacial score (nSPS) is 12.1. The Labute approximate surface area is 115 Å². The van der Waals surface area contributed by atoms with Gasteiger partial charge in [0.1, 0.15) is 5.75 Å². The van der Waals surface area contributed by atoms with Gasteiger partial charge in [0, 0.05) is 0 Å². The smallest absolute Gasteiger partial charge is 0.261 e. The summed E-state index contributed by atoms with van der Waals surface area (Å²) in [7, 11) is 0. The number of carbonyl (C=O) groups excluding carboxylic acids is 1. The Morgan fingerprint density at radius 1 is 1.53 bits per heavy atom. The maximum atomic E-state index is 11.9.